The fourth-order valence-corrected chi connectivity index (χ4v) is 3.14. The van der Waals surface area contributed by atoms with Gasteiger partial charge in [-0.25, -0.2) is 9.97 Å². The number of rotatable bonds is 1. The Morgan fingerprint density at radius 1 is 1.28 bits per heavy atom. The third-order valence-electron chi connectivity index (χ3n) is 3.20. The lowest BCUT2D eigenvalue weighted by atomic mass is 10.1. The summed E-state index contributed by atoms with van der Waals surface area (Å²) in [5.74, 6) is 0.989. The van der Waals surface area contributed by atoms with Crippen molar-refractivity contribution >= 4 is 34.2 Å². The van der Waals surface area contributed by atoms with Gasteiger partial charge >= 0.3 is 0 Å². The van der Waals surface area contributed by atoms with Crippen LogP contribution in [0.2, 0.25) is 0 Å². The Hall–Kier alpha value is -0.890. The molecular formula is C12H16IN5. The largest absolute Gasteiger partial charge is 0.339 e. The van der Waals surface area contributed by atoms with E-state index in [-0.39, 0.29) is 0 Å². The summed E-state index contributed by atoms with van der Waals surface area (Å²) in [6.07, 6.45) is 5.71. The molecule has 2 aromatic rings. The molecule has 0 saturated carbocycles. The first-order valence-electron chi connectivity index (χ1n) is 6.13. The van der Waals surface area contributed by atoms with Gasteiger partial charge in [0, 0.05) is 43.8 Å². The lowest BCUT2D eigenvalue weighted by Gasteiger charge is -2.36. The highest BCUT2D eigenvalue weighted by Crippen LogP contribution is 2.20. The lowest BCUT2D eigenvalue weighted by Crippen LogP contribution is -2.55. The van der Waals surface area contributed by atoms with Crippen LogP contribution in [0.1, 0.15) is 13.8 Å². The number of halogens is 1. The van der Waals surface area contributed by atoms with Crippen LogP contribution in [0.5, 0.6) is 0 Å². The van der Waals surface area contributed by atoms with Crippen LogP contribution >= 0.6 is 22.6 Å². The molecule has 1 aliphatic heterocycles. The van der Waals surface area contributed by atoms with E-state index in [1.807, 2.05) is 18.6 Å². The van der Waals surface area contributed by atoms with Crippen LogP contribution in [-0.4, -0.2) is 39.5 Å². The molecule has 0 radical (unpaired) electrons. The first kappa shape index (κ1) is 12.2. The van der Waals surface area contributed by atoms with Gasteiger partial charge in [-0.05, 0) is 36.4 Å². The van der Waals surface area contributed by atoms with Gasteiger partial charge in [-0.1, -0.05) is 0 Å². The van der Waals surface area contributed by atoms with Crippen molar-refractivity contribution in [2.24, 2.45) is 0 Å². The number of nitrogens with one attached hydrogen (secondary N) is 1. The van der Waals surface area contributed by atoms with Gasteiger partial charge in [0.2, 0.25) is 5.95 Å². The van der Waals surface area contributed by atoms with Gasteiger partial charge < -0.3 is 10.2 Å². The number of fused-ring (bicyclic) bond motifs is 1. The van der Waals surface area contributed by atoms with E-state index >= 15 is 0 Å². The normalized spacial score (nSPS) is 24.7. The minimum Gasteiger partial charge on any atom is -0.339 e. The summed E-state index contributed by atoms with van der Waals surface area (Å²) in [7, 11) is 0. The second-order valence-corrected chi connectivity index (χ2v) is 6.06. The van der Waals surface area contributed by atoms with Gasteiger partial charge in [0.25, 0.3) is 0 Å². The van der Waals surface area contributed by atoms with Crippen molar-refractivity contribution in [3.63, 3.8) is 0 Å². The predicted molar refractivity (Wildman–Crippen MR) is 80.0 cm³/mol. The molecule has 2 atom stereocenters. The third-order valence-corrected chi connectivity index (χ3v) is 3.96. The van der Waals surface area contributed by atoms with E-state index < -0.39 is 0 Å². The topological polar surface area (TPSA) is 45.5 Å². The molecule has 0 aliphatic carbocycles. The van der Waals surface area contributed by atoms with Crippen molar-refractivity contribution in [3.8, 4) is 0 Å². The number of imidazole rings is 1. The highest BCUT2D eigenvalue weighted by Gasteiger charge is 2.23. The number of aromatic nitrogens is 3. The Kier molecular flexibility index (Phi) is 3.14. The summed E-state index contributed by atoms with van der Waals surface area (Å²) in [6, 6.07) is 0.960. The summed E-state index contributed by atoms with van der Waals surface area (Å²) >= 11 is 2.27. The fourth-order valence-electron chi connectivity index (χ4n) is 2.60. The molecule has 1 N–H and O–H groups in total. The summed E-state index contributed by atoms with van der Waals surface area (Å²) < 4.78 is 3.16. The molecule has 0 spiro atoms. The smallest absolute Gasteiger partial charge is 0.211 e. The van der Waals surface area contributed by atoms with Crippen LogP contribution in [0.25, 0.3) is 5.65 Å². The molecule has 5 nitrogen and oxygen atoms in total. The van der Waals surface area contributed by atoms with E-state index in [9.17, 15) is 0 Å². The molecule has 96 valence electrons. The molecule has 6 heteroatoms. The van der Waals surface area contributed by atoms with Crippen LogP contribution in [0, 0.1) is 3.57 Å². The molecule has 0 aromatic carbocycles. The van der Waals surface area contributed by atoms with Gasteiger partial charge in [-0.3, -0.25) is 4.40 Å². The fraction of sp³-hybridized carbons (Fsp3) is 0.500. The van der Waals surface area contributed by atoms with Gasteiger partial charge in [0.15, 0.2) is 5.65 Å². The Morgan fingerprint density at radius 2 is 2.00 bits per heavy atom. The SMILES string of the molecule is CC1CN(c2ncc(I)c3nccn23)CC(C)N1. The van der Waals surface area contributed by atoms with Crippen molar-refractivity contribution in [2.45, 2.75) is 25.9 Å². The molecule has 2 aromatic heterocycles. The van der Waals surface area contributed by atoms with Gasteiger partial charge in [0.05, 0.1) is 3.57 Å². The number of hydrogen-bond acceptors (Lipinski definition) is 4. The minimum absolute atomic E-state index is 0.480. The van der Waals surface area contributed by atoms with E-state index in [1.54, 1.807) is 0 Å². The molecule has 0 bridgehead atoms. The summed E-state index contributed by atoms with van der Waals surface area (Å²) in [5.41, 5.74) is 0.986. The number of hydrogen-bond donors (Lipinski definition) is 1. The summed E-state index contributed by atoms with van der Waals surface area (Å²) in [5, 5.41) is 3.54. The Balaban J connectivity index is 2.03. The van der Waals surface area contributed by atoms with Crippen LogP contribution < -0.4 is 10.2 Å². The zero-order valence-corrected chi connectivity index (χ0v) is 12.6. The average Bonchev–Trinajstić information content (AvgIpc) is 2.77. The Bertz CT molecular complexity index is 557. The first-order chi connectivity index (χ1) is 8.65. The summed E-state index contributed by atoms with van der Waals surface area (Å²) in [4.78, 5) is 11.3. The number of piperazine rings is 1. The highest BCUT2D eigenvalue weighted by atomic mass is 127. The van der Waals surface area contributed by atoms with E-state index in [1.165, 1.54) is 0 Å². The average molecular weight is 357 g/mol. The van der Waals surface area contributed by atoms with Crippen molar-refractivity contribution < 1.29 is 0 Å². The monoisotopic (exact) mass is 357 g/mol. The lowest BCUT2D eigenvalue weighted by molar-refractivity contribution is 0.402. The first-order valence-corrected chi connectivity index (χ1v) is 7.21. The van der Waals surface area contributed by atoms with Crippen LogP contribution in [0.15, 0.2) is 18.6 Å². The van der Waals surface area contributed by atoms with Gasteiger partial charge in [0.1, 0.15) is 0 Å². The molecule has 18 heavy (non-hydrogen) atoms. The summed E-state index contributed by atoms with van der Waals surface area (Å²) in [6.45, 7) is 6.37. The van der Waals surface area contributed by atoms with Crippen molar-refractivity contribution in [1.29, 1.82) is 0 Å². The Morgan fingerprint density at radius 3 is 2.72 bits per heavy atom. The molecule has 1 saturated heterocycles. The van der Waals surface area contributed by atoms with Gasteiger partial charge in [-0.15, -0.1) is 0 Å². The molecule has 1 aliphatic rings. The van der Waals surface area contributed by atoms with Crippen molar-refractivity contribution in [1.82, 2.24) is 19.7 Å². The molecule has 3 heterocycles. The molecular weight excluding hydrogens is 341 g/mol. The number of nitrogens with zero attached hydrogens (tertiary/aromatic N) is 4. The van der Waals surface area contributed by atoms with Crippen LogP contribution in [0.4, 0.5) is 5.95 Å². The second kappa shape index (κ2) is 4.65. The molecule has 3 rings (SSSR count). The maximum absolute atomic E-state index is 4.58. The zero-order chi connectivity index (χ0) is 12.7. The number of anilines is 1. The Labute approximate surface area is 120 Å². The molecule has 1 fully saturated rings. The van der Waals surface area contributed by atoms with E-state index in [4.69, 9.17) is 0 Å². The predicted octanol–water partition coefficient (Wildman–Crippen LogP) is 1.52. The standard InChI is InChI=1S/C12H16IN5/c1-8-6-17(7-9(2)16-8)12-15-5-10(13)11-14-3-4-18(11)12/h3-5,8-9,16H,6-7H2,1-2H3. The third kappa shape index (κ3) is 2.07. The molecule has 0 amide bonds. The maximum atomic E-state index is 4.58. The quantitative estimate of drug-likeness (QED) is 0.787. The van der Waals surface area contributed by atoms with Crippen molar-refractivity contribution in [3.05, 3.63) is 22.2 Å². The van der Waals surface area contributed by atoms with Gasteiger partial charge in [-0.2, -0.15) is 0 Å². The second-order valence-electron chi connectivity index (χ2n) is 4.90. The van der Waals surface area contributed by atoms with E-state index in [2.05, 4.69) is 61.0 Å². The highest BCUT2D eigenvalue weighted by molar-refractivity contribution is 14.1. The minimum atomic E-state index is 0.480. The van der Waals surface area contributed by atoms with E-state index in [0.717, 1.165) is 28.3 Å². The molecule has 2 unspecified atom stereocenters. The zero-order valence-electron chi connectivity index (χ0n) is 10.5. The van der Waals surface area contributed by atoms with Crippen molar-refractivity contribution in [2.75, 3.05) is 18.0 Å². The van der Waals surface area contributed by atoms with Crippen LogP contribution in [0.3, 0.4) is 0 Å². The van der Waals surface area contributed by atoms with E-state index in [0.29, 0.717) is 12.1 Å². The van der Waals surface area contributed by atoms with Crippen LogP contribution in [-0.2, 0) is 0 Å². The maximum Gasteiger partial charge on any atom is 0.211 e.